The monoisotopic (exact) mass is 296 g/mol. The van der Waals surface area contributed by atoms with Gasteiger partial charge in [-0.05, 0) is 12.1 Å². The number of halogens is 3. The minimum Gasteiger partial charge on any atom is -0.393 e. The Bertz CT molecular complexity index is 417. The number of amidine groups is 1. The van der Waals surface area contributed by atoms with E-state index in [0.717, 1.165) is 0 Å². The van der Waals surface area contributed by atoms with Crippen LogP contribution in [-0.2, 0) is 4.84 Å². The van der Waals surface area contributed by atoms with E-state index in [1.54, 1.807) is 30.3 Å². The van der Waals surface area contributed by atoms with Crippen LogP contribution in [-0.4, -0.2) is 15.8 Å². The van der Waals surface area contributed by atoms with Crippen molar-refractivity contribution in [3.05, 3.63) is 30.3 Å². The third-order valence-electron chi connectivity index (χ3n) is 1.45. The third-order valence-corrected chi connectivity index (χ3v) is 2.03. The maximum absolute atomic E-state index is 11.1. The van der Waals surface area contributed by atoms with Crippen molar-refractivity contribution < 1.29 is 14.4 Å². The topological polar surface area (TPSA) is 73.9 Å². The van der Waals surface area contributed by atoms with E-state index in [2.05, 4.69) is 9.99 Å². The summed E-state index contributed by atoms with van der Waals surface area (Å²) in [6.45, 7) is 0. The molecule has 1 rings (SSSR count). The summed E-state index contributed by atoms with van der Waals surface area (Å²) < 4.78 is 2.79. The van der Waals surface area contributed by atoms with Crippen LogP contribution >= 0.6 is 34.8 Å². The van der Waals surface area contributed by atoms with Crippen molar-refractivity contribution in [1.82, 2.24) is 0 Å². The van der Waals surface area contributed by atoms with Crippen LogP contribution in [0.5, 0.6) is 5.75 Å². The number of benzene rings is 1. The molecule has 0 amide bonds. The molecule has 0 aliphatic carbocycles. The molecule has 0 unspecified atom stereocenters. The number of oxime groups is 1. The molecule has 0 aliphatic heterocycles. The maximum atomic E-state index is 11.1. The summed E-state index contributed by atoms with van der Waals surface area (Å²) in [6.07, 6.45) is -1.09. The number of alkyl halides is 3. The molecule has 0 aromatic heterocycles. The highest BCUT2D eigenvalue weighted by molar-refractivity contribution is 6.76. The predicted molar refractivity (Wildman–Crippen MR) is 65.5 cm³/mol. The zero-order chi connectivity index (χ0) is 12.9. The predicted octanol–water partition coefficient (Wildman–Crippen LogP) is 2.84. The van der Waals surface area contributed by atoms with Gasteiger partial charge in [0, 0.05) is 0 Å². The number of ether oxygens (including phenoxy) is 1. The highest BCUT2D eigenvalue weighted by Gasteiger charge is 2.26. The molecule has 1 aromatic carbocycles. The van der Waals surface area contributed by atoms with Gasteiger partial charge in [-0.2, -0.15) is 0 Å². The SMILES string of the molecule is N/C(=N\OC(=O)Oc1ccccc1)C(Cl)(Cl)Cl. The molecule has 0 heterocycles. The van der Waals surface area contributed by atoms with Gasteiger partial charge in [0.2, 0.25) is 0 Å². The third kappa shape index (κ3) is 5.12. The normalized spacial score (nSPS) is 12.1. The van der Waals surface area contributed by atoms with Crippen LogP contribution in [0.2, 0.25) is 0 Å². The zero-order valence-corrected chi connectivity index (χ0v) is 10.5. The number of hydrogen-bond donors (Lipinski definition) is 1. The highest BCUT2D eigenvalue weighted by Crippen LogP contribution is 2.25. The van der Waals surface area contributed by atoms with Gasteiger partial charge in [0.25, 0.3) is 3.79 Å². The lowest BCUT2D eigenvalue weighted by Gasteiger charge is -2.08. The highest BCUT2D eigenvalue weighted by atomic mass is 35.6. The maximum Gasteiger partial charge on any atom is 0.540 e. The van der Waals surface area contributed by atoms with E-state index in [-0.39, 0.29) is 0 Å². The van der Waals surface area contributed by atoms with E-state index in [1.807, 2.05) is 0 Å². The van der Waals surface area contributed by atoms with E-state index in [4.69, 9.17) is 45.3 Å². The van der Waals surface area contributed by atoms with Crippen molar-refractivity contribution in [2.24, 2.45) is 10.9 Å². The first-order valence-electron chi connectivity index (χ1n) is 4.24. The molecular formula is C9H7Cl3N2O3. The summed E-state index contributed by atoms with van der Waals surface area (Å²) in [4.78, 5) is 15.4. The van der Waals surface area contributed by atoms with Crippen LogP contribution in [0.25, 0.3) is 0 Å². The van der Waals surface area contributed by atoms with Crippen molar-refractivity contribution in [3.8, 4) is 5.75 Å². The number of rotatable bonds is 2. The molecule has 0 atom stereocenters. The lowest BCUT2D eigenvalue weighted by molar-refractivity contribution is 0.102. The Morgan fingerprint density at radius 2 is 1.82 bits per heavy atom. The summed E-state index contributed by atoms with van der Waals surface area (Å²) in [5.41, 5.74) is 5.21. The van der Waals surface area contributed by atoms with E-state index >= 15 is 0 Å². The Morgan fingerprint density at radius 3 is 2.35 bits per heavy atom. The standard InChI is InChI=1S/C9H7Cl3N2O3/c10-9(11,12)7(13)14-17-8(15)16-6-4-2-1-3-5-6/h1-5H,(H2,13,14). The summed E-state index contributed by atoms with van der Waals surface area (Å²) in [5.74, 6) is -0.187. The van der Waals surface area contributed by atoms with Gasteiger partial charge in [-0.15, -0.1) is 0 Å². The van der Waals surface area contributed by atoms with E-state index in [0.29, 0.717) is 5.75 Å². The smallest absolute Gasteiger partial charge is 0.393 e. The Morgan fingerprint density at radius 1 is 1.24 bits per heavy atom. The Labute approximate surface area is 112 Å². The van der Waals surface area contributed by atoms with Crippen molar-refractivity contribution >= 4 is 46.8 Å². The summed E-state index contributed by atoms with van der Waals surface area (Å²) in [7, 11) is 0. The van der Waals surface area contributed by atoms with Crippen molar-refractivity contribution in [3.63, 3.8) is 0 Å². The number of nitrogens with zero attached hydrogens (tertiary/aromatic N) is 1. The minimum absolute atomic E-state index is 0.292. The number of hydrogen-bond acceptors (Lipinski definition) is 4. The summed E-state index contributed by atoms with van der Waals surface area (Å²) in [6, 6.07) is 8.24. The number of carbonyl (C=O) groups excluding carboxylic acids is 1. The first-order chi connectivity index (χ1) is 7.89. The lowest BCUT2D eigenvalue weighted by atomic mass is 10.3. The molecule has 0 spiro atoms. The molecule has 92 valence electrons. The molecule has 5 nitrogen and oxygen atoms in total. The van der Waals surface area contributed by atoms with Crippen LogP contribution in [0.3, 0.4) is 0 Å². The number of carbonyl (C=O) groups is 1. The van der Waals surface area contributed by atoms with Gasteiger partial charge in [0.05, 0.1) is 0 Å². The molecule has 0 saturated heterocycles. The number of nitrogens with two attached hydrogens (primary N) is 1. The van der Waals surface area contributed by atoms with Crippen LogP contribution in [0.1, 0.15) is 0 Å². The molecule has 0 fully saturated rings. The summed E-state index contributed by atoms with van der Waals surface area (Å²) in [5, 5.41) is 3.12. The Hall–Kier alpha value is -1.17. The fourth-order valence-electron chi connectivity index (χ4n) is 0.742. The molecule has 0 bridgehead atoms. The quantitative estimate of drug-likeness (QED) is 0.173. The molecule has 17 heavy (non-hydrogen) atoms. The molecule has 2 N–H and O–H groups in total. The van der Waals surface area contributed by atoms with Gasteiger partial charge in [0.1, 0.15) is 5.75 Å². The van der Waals surface area contributed by atoms with Crippen LogP contribution in [0, 0.1) is 0 Å². The first-order valence-corrected chi connectivity index (χ1v) is 5.37. The molecule has 0 saturated carbocycles. The minimum atomic E-state index is -1.94. The first kappa shape index (κ1) is 13.9. The van der Waals surface area contributed by atoms with Crippen molar-refractivity contribution in [2.45, 2.75) is 3.79 Å². The van der Waals surface area contributed by atoms with Gasteiger partial charge in [-0.1, -0.05) is 58.2 Å². The lowest BCUT2D eigenvalue weighted by Crippen LogP contribution is -2.29. The van der Waals surface area contributed by atoms with E-state index in [9.17, 15) is 4.79 Å². The molecule has 0 aliphatic rings. The second kappa shape index (κ2) is 5.95. The molecule has 0 radical (unpaired) electrons. The van der Waals surface area contributed by atoms with Crippen molar-refractivity contribution in [1.29, 1.82) is 0 Å². The van der Waals surface area contributed by atoms with Crippen LogP contribution in [0.15, 0.2) is 35.5 Å². The van der Waals surface area contributed by atoms with Crippen LogP contribution in [0.4, 0.5) is 4.79 Å². The Balaban J connectivity index is 2.52. The van der Waals surface area contributed by atoms with Gasteiger partial charge >= 0.3 is 6.16 Å². The molecule has 8 heteroatoms. The van der Waals surface area contributed by atoms with Gasteiger partial charge in [-0.25, -0.2) is 4.79 Å². The molecular weight excluding hydrogens is 290 g/mol. The second-order valence-electron chi connectivity index (χ2n) is 2.73. The number of para-hydroxylation sites is 1. The second-order valence-corrected chi connectivity index (χ2v) is 5.01. The Kier molecular flexibility index (Phi) is 4.86. The van der Waals surface area contributed by atoms with Gasteiger partial charge in [-0.3, -0.25) is 4.84 Å². The molecule has 1 aromatic rings. The largest absolute Gasteiger partial charge is 0.540 e. The van der Waals surface area contributed by atoms with Crippen molar-refractivity contribution in [2.75, 3.05) is 0 Å². The zero-order valence-electron chi connectivity index (χ0n) is 8.27. The average Bonchev–Trinajstić information content (AvgIpc) is 2.26. The van der Waals surface area contributed by atoms with Gasteiger partial charge in [0.15, 0.2) is 5.84 Å². The summed E-state index contributed by atoms with van der Waals surface area (Å²) >= 11 is 16.1. The van der Waals surface area contributed by atoms with E-state index < -0.39 is 15.8 Å². The fraction of sp³-hybridized carbons (Fsp3) is 0.111. The van der Waals surface area contributed by atoms with Crippen LogP contribution < -0.4 is 10.5 Å². The fourth-order valence-corrected chi connectivity index (χ4v) is 0.845. The average molecular weight is 298 g/mol. The van der Waals surface area contributed by atoms with Gasteiger partial charge < -0.3 is 10.5 Å². The van der Waals surface area contributed by atoms with E-state index in [1.165, 1.54) is 0 Å².